The molecule has 0 aliphatic carbocycles. The van der Waals surface area contributed by atoms with Crippen molar-refractivity contribution in [1.29, 1.82) is 0 Å². The summed E-state index contributed by atoms with van der Waals surface area (Å²) in [7, 11) is 0. The molecule has 1 nitrogen and oxygen atoms in total. The molecule has 0 saturated heterocycles. The maximum absolute atomic E-state index is 9.14. The van der Waals surface area contributed by atoms with Gasteiger partial charge in [-0.2, -0.15) is 0 Å². The molecule has 96 valence electrons. The third kappa shape index (κ3) is 12.4. The number of allylic oxidation sites excluding steroid dienone is 5. The highest BCUT2D eigenvalue weighted by Crippen LogP contribution is 2.00. The molecule has 0 aliphatic rings. The predicted molar refractivity (Wildman–Crippen MR) is 78.8 cm³/mol. The standard InChI is InChI=1S/C17H22O/c1-3-5-6-7-8-9-10-11-12-13-14-15-16-17(18)4-2/h3,9-12,17-18H,1,4-8H2,2H3. The molecule has 1 heteroatoms. The van der Waals surface area contributed by atoms with Crippen molar-refractivity contribution in [3.8, 4) is 23.7 Å². The SMILES string of the molecule is C=CCCCCC=CC=CC#CC#CC(O)CC. The third-order valence-corrected chi connectivity index (χ3v) is 2.22. The van der Waals surface area contributed by atoms with Crippen molar-refractivity contribution in [3.63, 3.8) is 0 Å². The summed E-state index contributed by atoms with van der Waals surface area (Å²) in [5.74, 6) is 10.7. The maximum Gasteiger partial charge on any atom is 0.115 e. The number of aliphatic hydroxyl groups excluding tert-OH is 1. The van der Waals surface area contributed by atoms with Crippen LogP contribution < -0.4 is 0 Å². The summed E-state index contributed by atoms with van der Waals surface area (Å²) in [5, 5.41) is 9.14. The van der Waals surface area contributed by atoms with E-state index >= 15 is 0 Å². The smallest absolute Gasteiger partial charge is 0.115 e. The number of hydrogen-bond acceptors (Lipinski definition) is 1. The van der Waals surface area contributed by atoms with Gasteiger partial charge in [-0.25, -0.2) is 0 Å². The fourth-order valence-corrected chi connectivity index (χ4v) is 1.13. The first-order chi connectivity index (χ1) is 8.81. The van der Waals surface area contributed by atoms with Crippen LogP contribution in [0.4, 0.5) is 0 Å². The molecule has 0 saturated carbocycles. The van der Waals surface area contributed by atoms with Crippen LogP contribution in [0.2, 0.25) is 0 Å². The molecule has 0 radical (unpaired) electrons. The van der Waals surface area contributed by atoms with Crippen LogP contribution in [0.1, 0.15) is 39.0 Å². The van der Waals surface area contributed by atoms with E-state index in [1.165, 1.54) is 12.8 Å². The van der Waals surface area contributed by atoms with Gasteiger partial charge in [0.2, 0.25) is 0 Å². The van der Waals surface area contributed by atoms with Crippen LogP contribution in [0, 0.1) is 23.7 Å². The molecule has 1 unspecified atom stereocenters. The summed E-state index contributed by atoms with van der Waals surface area (Å²) in [5.41, 5.74) is 0. The molecule has 0 aliphatic heterocycles. The Bertz CT molecular complexity index is 379. The van der Waals surface area contributed by atoms with Gasteiger partial charge in [0.15, 0.2) is 0 Å². The van der Waals surface area contributed by atoms with Crippen LogP contribution >= 0.6 is 0 Å². The zero-order chi connectivity index (χ0) is 13.5. The molecule has 0 rings (SSSR count). The van der Waals surface area contributed by atoms with Crippen LogP contribution in [0.3, 0.4) is 0 Å². The first kappa shape index (κ1) is 16.3. The summed E-state index contributed by atoms with van der Waals surface area (Å²) in [4.78, 5) is 0. The minimum atomic E-state index is -0.557. The van der Waals surface area contributed by atoms with Crippen molar-refractivity contribution in [2.24, 2.45) is 0 Å². The molecule has 0 aromatic carbocycles. The minimum absolute atomic E-state index is 0.557. The molecule has 0 spiro atoms. The monoisotopic (exact) mass is 242 g/mol. The average molecular weight is 242 g/mol. The zero-order valence-corrected chi connectivity index (χ0v) is 11.2. The summed E-state index contributed by atoms with van der Waals surface area (Å²) in [6, 6.07) is 0. The first-order valence-corrected chi connectivity index (χ1v) is 6.43. The average Bonchev–Trinajstić information content (AvgIpc) is 2.39. The molecule has 0 amide bonds. The Morgan fingerprint density at radius 2 is 1.94 bits per heavy atom. The molecule has 0 aromatic heterocycles. The third-order valence-electron chi connectivity index (χ3n) is 2.22. The van der Waals surface area contributed by atoms with E-state index in [0.29, 0.717) is 6.42 Å². The van der Waals surface area contributed by atoms with Gasteiger partial charge in [0, 0.05) is 0 Å². The number of hydrogen-bond donors (Lipinski definition) is 1. The second-order valence-electron chi connectivity index (χ2n) is 3.82. The molecular weight excluding hydrogens is 220 g/mol. The maximum atomic E-state index is 9.14. The van der Waals surface area contributed by atoms with Gasteiger partial charge in [-0.15, -0.1) is 6.58 Å². The number of aliphatic hydroxyl groups is 1. The predicted octanol–water partition coefficient (Wildman–Crippen LogP) is 3.62. The summed E-state index contributed by atoms with van der Waals surface area (Å²) < 4.78 is 0. The molecule has 0 fully saturated rings. The quantitative estimate of drug-likeness (QED) is 0.313. The number of unbranched alkanes of at least 4 members (excludes halogenated alkanes) is 3. The van der Waals surface area contributed by atoms with E-state index in [4.69, 9.17) is 5.11 Å². The molecular formula is C17H22O. The topological polar surface area (TPSA) is 20.2 Å². The highest BCUT2D eigenvalue weighted by molar-refractivity contribution is 5.32. The van der Waals surface area contributed by atoms with Crippen molar-refractivity contribution in [2.75, 3.05) is 0 Å². The van der Waals surface area contributed by atoms with E-state index in [1.54, 1.807) is 6.08 Å². The normalized spacial score (nSPS) is 11.7. The van der Waals surface area contributed by atoms with Crippen LogP contribution in [0.25, 0.3) is 0 Å². The molecule has 0 aromatic rings. The van der Waals surface area contributed by atoms with Gasteiger partial charge >= 0.3 is 0 Å². The minimum Gasteiger partial charge on any atom is -0.380 e. The summed E-state index contributed by atoms with van der Waals surface area (Å²) >= 11 is 0. The lowest BCUT2D eigenvalue weighted by Crippen LogP contribution is -1.98. The van der Waals surface area contributed by atoms with Gasteiger partial charge in [0.1, 0.15) is 6.10 Å². The van der Waals surface area contributed by atoms with Gasteiger partial charge < -0.3 is 5.11 Å². The Morgan fingerprint density at radius 3 is 2.67 bits per heavy atom. The lowest BCUT2D eigenvalue weighted by Gasteiger charge is -1.91. The lowest BCUT2D eigenvalue weighted by molar-refractivity contribution is 0.228. The van der Waals surface area contributed by atoms with Crippen molar-refractivity contribution < 1.29 is 5.11 Å². The van der Waals surface area contributed by atoms with E-state index in [2.05, 4.69) is 36.3 Å². The van der Waals surface area contributed by atoms with Crippen LogP contribution in [0.15, 0.2) is 37.0 Å². The lowest BCUT2D eigenvalue weighted by atomic mass is 10.2. The van der Waals surface area contributed by atoms with Crippen molar-refractivity contribution >= 4 is 0 Å². The zero-order valence-electron chi connectivity index (χ0n) is 11.2. The first-order valence-electron chi connectivity index (χ1n) is 6.43. The van der Waals surface area contributed by atoms with E-state index in [0.717, 1.165) is 12.8 Å². The van der Waals surface area contributed by atoms with E-state index in [9.17, 15) is 0 Å². The highest BCUT2D eigenvalue weighted by atomic mass is 16.3. The molecule has 18 heavy (non-hydrogen) atoms. The fraction of sp³-hybridized carbons (Fsp3) is 0.412. The Morgan fingerprint density at radius 1 is 1.17 bits per heavy atom. The van der Waals surface area contributed by atoms with Crippen LogP contribution in [-0.2, 0) is 0 Å². The number of rotatable bonds is 7. The highest BCUT2D eigenvalue weighted by Gasteiger charge is 1.88. The molecule has 1 atom stereocenters. The Kier molecular flexibility index (Phi) is 12.1. The van der Waals surface area contributed by atoms with Crippen molar-refractivity contribution in [2.45, 2.75) is 45.1 Å². The van der Waals surface area contributed by atoms with Crippen molar-refractivity contribution in [3.05, 3.63) is 37.0 Å². The van der Waals surface area contributed by atoms with Gasteiger partial charge in [0.25, 0.3) is 0 Å². The van der Waals surface area contributed by atoms with Crippen LogP contribution in [-0.4, -0.2) is 11.2 Å². The Labute approximate surface area is 111 Å². The van der Waals surface area contributed by atoms with E-state index < -0.39 is 6.10 Å². The fourth-order valence-electron chi connectivity index (χ4n) is 1.13. The molecule has 0 bridgehead atoms. The largest absolute Gasteiger partial charge is 0.380 e. The van der Waals surface area contributed by atoms with Gasteiger partial charge in [0.05, 0.1) is 0 Å². The summed E-state index contributed by atoms with van der Waals surface area (Å²) in [6.45, 7) is 5.57. The molecule has 0 heterocycles. The second kappa shape index (κ2) is 13.4. The Hall–Kier alpha value is -1.70. The van der Waals surface area contributed by atoms with Gasteiger partial charge in [-0.05, 0) is 50.0 Å². The second-order valence-corrected chi connectivity index (χ2v) is 3.82. The molecule has 1 N–H and O–H groups in total. The van der Waals surface area contributed by atoms with Gasteiger partial charge in [-0.1, -0.05) is 43.1 Å². The van der Waals surface area contributed by atoms with Crippen LogP contribution in [0.5, 0.6) is 0 Å². The van der Waals surface area contributed by atoms with E-state index in [-0.39, 0.29) is 0 Å². The van der Waals surface area contributed by atoms with Gasteiger partial charge in [-0.3, -0.25) is 0 Å². The summed E-state index contributed by atoms with van der Waals surface area (Å²) in [6.07, 6.45) is 14.4. The Balaban J connectivity index is 3.69. The van der Waals surface area contributed by atoms with Crippen molar-refractivity contribution in [1.82, 2.24) is 0 Å². The van der Waals surface area contributed by atoms with E-state index in [1.807, 2.05) is 25.2 Å².